The Balaban J connectivity index is 1.66. The minimum atomic E-state index is 0.240. The molecule has 1 fully saturated rings. The van der Waals surface area contributed by atoms with E-state index >= 15 is 0 Å². The molecule has 10 heteroatoms. The van der Waals surface area contributed by atoms with Crippen molar-refractivity contribution in [1.82, 2.24) is 25.4 Å². The molecule has 0 spiro atoms. The Morgan fingerprint density at radius 3 is 2.87 bits per heavy atom. The van der Waals surface area contributed by atoms with Crippen molar-refractivity contribution in [3.05, 3.63) is 34.9 Å². The third-order valence-electron chi connectivity index (χ3n) is 5.17. The van der Waals surface area contributed by atoms with E-state index in [2.05, 4.69) is 25.7 Å². The van der Waals surface area contributed by atoms with E-state index in [4.69, 9.17) is 26.1 Å². The van der Waals surface area contributed by atoms with Crippen LogP contribution in [0.25, 0.3) is 0 Å². The maximum Gasteiger partial charge on any atom is 0.192 e. The molecule has 2 N–H and O–H groups in total. The fourth-order valence-electron chi connectivity index (χ4n) is 3.36. The quantitative estimate of drug-likeness (QED) is 0.371. The molecular weight excluding hydrogens is 406 g/mol. The fraction of sp³-hybridized carbons (Fsp3) is 0.550. The number of nitrogens with zero attached hydrogens (tertiary/aromatic N) is 5. The number of ether oxygens (including phenoxy) is 2. The number of methoxy groups -OCH3 is 2. The van der Waals surface area contributed by atoms with E-state index in [9.17, 15) is 0 Å². The van der Waals surface area contributed by atoms with Crippen LogP contribution in [0, 0.1) is 6.92 Å². The molecule has 0 saturated carbocycles. The first-order chi connectivity index (χ1) is 14.5. The first-order valence-corrected chi connectivity index (χ1v) is 10.4. The molecule has 1 aromatic carbocycles. The average molecular weight is 436 g/mol. The van der Waals surface area contributed by atoms with Crippen LogP contribution in [-0.2, 0) is 18.3 Å². The van der Waals surface area contributed by atoms with Gasteiger partial charge in [-0.2, -0.15) is 0 Å². The second-order valence-electron chi connectivity index (χ2n) is 7.20. The lowest BCUT2D eigenvalue weighted by Crippen LogP contribution is -2.45. The van der Waals surface area contributed by atoms with Crippen LogP contribution in [0.3, 0.4) is 0 Å². The third kappa shape index (κ3) is 5.54. The summed E-state index contributed by atoms with van der Waals surface area (Å²) in [6, 6.07) is 5.93. The molecule has 1 atom stereocenters. The van der Waals surface area contributed by atoms with Gasteiger partial charge in [-0.25, -0.2) is 4.99 Å². The van der Waals surface area contributed by atoms with E-state index < -0.39 is 0 Å². The fourth-order valence-corrected chi connectivity index (χ4v) is 3.53. The number of halogens is 1. The summed E-state index contributed by atoms with van der Waals surface area (Å²) in [5, 5.41) is 15.8. The van der Waals surface area contributed by atoms with Gasteiger partial charge in [0.25, 0.3) is 0 Å². The molecule has 1 saturated heterocycles. The minimum absolute atomic E-state index is 0.240. The van der Waals surface area contributed by atoms with Crippen molar-refractivity contribution in [2.75, 3.05) is 45.4 Å². The summed E-state index contributed by atoms with van der Waals surface area (Å²) in [7, 11) is 5.30. The van der Waals surface area contributed by atoms with E-state index in [1.165, 1.54) is 0 Å². The predicted octanol–water partition coefficient (Wildman–Crippen LogP) is 1.75. The van der Waals surface area contributed by atoms with E-state index in [0.29, 0.717) is 24.7 Å². The number of aliphatic imine (C=N–C) groups is 1. The number of aryl methyl sites for hydroxylation is 1. The monoisotopic (exact) mass is 435 g/mol. The van der Waals surface area contributed by atoms with E-state index in [1.54, 1.807) is 14.2 Å². The van der Waals surface area contributed by atoms with Gasteiger partial charge >= 0.3 is 0 Å². The van der Waals surface area contributed by atoms with E-state index in [1.807, 2.05) is 36.7 Å². The van der Waals surface area contributed by atoms with Crippen molar-refractivity contribution in [3.63, 3.8) is 0 Å². The smallest absolute Gasteiger partial charge is 0.192 e. The standard InChI is InChI=1S/C20H30ClN7O2/c1-14-25-26-19(27(14)2)12-23-20(22-8-10-29-3)24-16-7-9-28(13-16)17-11-15(21)5-6-18(17)30-4/h5-6,11,16H,7-10,12-13H2,1-4H3,(H2,22,23,24). The Kier molecular flexibility index (Phi) is 7.75. The van der Waals surface area contributed by atoms with Gasteiger partial charge in [0, 0.05) is 44.9 Å². The molecule has 164 valence electrons. The van der Waals surface area contributed by atoms with E-state index in [0.717, 1.165) is 48.6 Å². The van der Waals surface area contributed by atoms with Crippen molar-refractivity contribution in [2.24, 2.45) is 12.0 Å². The molecule has 2 aromatic rings. The SMILES string of the molecule is COCCNC(=NCc1nnc(C)n1C)NC1CCN(c2cc(Cl)ccc2OC)C1. The zero-order valence-corrected chi connectivity index (χ0v) is 18.7. The van der Waals surface area contributed by atoms with Gasteiger partial charge in [-0.3, -0.25) is 0 Å². The maximum absolute atomic E-state index is 6.21. The van der Waals surface area contributed by atoms with Crippen LogP contribution in [0.5, 0.6) is 5.75 Å². The number of anilines is 1. The van der Waals surface area contributed by atoms with Crippen molar-refractivity contribution in [3.8, 4) is 5.75 Å². The molecule has 1 aromatic heterocycles. The van der Waals surface area contributed by atoms with Crippen LogP contribution in [0.15, 0.2) is 23.2 Å². The molecule has 9 nitrogen and oxygen atoms in total. The van der Waals surface area contributed by atoms with Crippen LogP contribution < -0.4 is 20.3 Å². The van der Waals surface area contributed by atoms with Crippen molar-refractivity contribution < 1.29 is 9.47 Å². The van der Waals surface area contributed by atoms with Crippen molar-refractivity contribution in [2.45, 2.75) is 25.9 Å². The predicted molar refractivity (Wildman–Crippen MR) is 119 cm³/mol. The summed E-state index contributed by atoms with van der Waals surface area (Å²) >= 11 is 6.21. The first kappa shape index (κ1) is 22.2. The molecule has 2 heterocycles. The van der Waals surface area contributed by atoms with Gasteiger partial charge in [-0.1, -0.05) is 11.6 Å². The minimum Gasteiger partial charge on any atom is -0.495 e. The van der Waals surface area contributed by atoms with Crippen LogP contribution in [0.4, 0.5) is 5.69 Å². The van der Waals surface area contributed by atoms with Crippen LogP contribution in [0.2, 0.25) is 5.02 Å². The Labute approximate surface area is 182 Å². The van der Waals surface area contributed by atoms with Crippen LogP contribution in [0.1, 0.15) is 18.1 Å². The average Bonchev–Trinajstić information content (AvgIpc) is 3.33. The Bertz CT molecular complexity index is 871. The summed E-state index contributed by atoms with van der Waals surface area (Å²) in [5.74, 6) is 3.24. The lowest BCUT2D eigenvalue weighted by molar-refractivity contribution is 0.203. The first-order valence-electron chi connectivity index (χ1n) is 9.99. The normalized spacial score (nSPS) is 16.8. The van der Waals surface area contributed by atoms with Gasteiger partial charge in [0.1, 0.15) is 18.1 Å². The number of rotatable bonds is 8. The summed E-state index contributed by atoms with van der Waals surface area (Å²) in [6.07, 6.45) is 0.976. The van der Waals surface area contributed by atoms with Crippen LogP contribution >= 0.6 is 11.6 Å². The lowest BCUT2D eigenvalue weighted by Gasteiger charge is -2.22. The second-order valence-corrected chi connectivity index (χ2v) is 7.64. The number of guanidine groups is 1. The zero-order valence-electron chi connectivity index (χ0n) is 18.0. The van der Waals surface area contributed by atoms with Gasteiger partial charge in [-0.05, 0) is 31.5 Å². The molecule has 0 aliphatic carbocycles. The van der Waals surface area contributed by atoms with Gasteiger partial charge in [0.2, 0.25) is 0 Å². The lowest BCUT2D eigenvalue weighted by atomic mass is 10.2. The van der Waals surface area contributed by atoms with Gasteiger partial charge in [-0.15, -0.1) is 10.2 Å². The van der Waals surface area contributed by atoms with E-state index in [-0.39, 0.29) is 6.04 Å². The van der Waals surface area contributed by atoms with Crippen molar-refractivity contribution >= 4 is 23.2 Å². The molecule has 0 radical (unpaired) electrons. The molecule has 1 unspecified atom stereocenters. The number of benzene rings is 1. The maximum atomic E-state index is 6.21. The Morgan fingerprint density at radius 2 is 2.17 bits per heavy atom. The second kappa shape index (κ2) is 10.5. The number of nitrogens with one attached hydrogen (secondary N) is 2. The number of hydrogen-bond donors (Lipinski definition) is 2. The Hall–Kier alpha value is -2.52. The topological polar surface area (TPSA) is 88.8 Å². The highest BCUT2D eigenvalue weighted by molar-refractivity contribution is 6.30. The summed E-state index contributed by atoms with van der Waals surface area (Å²) < 4.78 is 12.6. The number of aromatic nitrogens is 3. The third-order valence-corrected chi connectivity index (χ3v) is 5.41. The molecule has 0 bridgehead atoms. The highest BCUT2D eigenvalue weighted by Gasteiger charge is 2.25. The summed E-state index contributed by atoms with van der Waals surface area (Å²) in [6.45, 7) is 5.36. The Morgan fingerprint density at radius 1 is 1.33 bits per heavy atom. The van der Waals surface area contributed by atoms with Crippen LogP contribution in [-0.4, -0.2) is 67.2 Å². The molecule has 1 aliphatic heterocycles. The highest BCUT2D eigenvalue weighted by Crippen LogP contribution is 2.33. The molecule has 30 heavy (non-hydrogen) atoms. The largest absolute Gasteiger partial charge is 0.495 e. The van der Waals surface area contributed by atoms with Gasteiger partial charge in [0.15, 0.2) is 11.8 Å². The summed E-state index contributed by atoms with van der Waals surface area (Å²) in [4.78, 5) is 6.98. The van der Waals surface area contributed by atoms with Crippen molar-refractivity contribution in [1.29, 1.82) is 0 Å². The highest BCUT2D eigenvalue weighted by atomic mass is 35.5. The number of hydrogen-bond acceptors (Lipinski definition) is 6. The van der Waals surface area contributed by atoms with Gasteiger partial charge in [0.05, 0.1) is 19.4 Å². The molecule has 1 aliphatic rings. The zero-order chi connectivity index (χ0) is 21.5. The summed E-state index contributed by atoms with van der Waals surface area (Å²) in [5.41, 5.74) is 1.01. The molecule has 3 rings (SSSR count). The van der Waals surface area contributed by atoms with Gasteiger partial charge < -0.3 is 29.6 Å². The molecular formula is C20H30ClN7O2. The molecule has 0 amide bonds.